The molecule has 12 atom stereocenters. The lowest BCUT2D eigenvalue weighted by molar-refractivity contribution is -0.228. The van der Waals surface area contributed by atoms with Crippen molar-refractivity contribution >= 4 is 0 Å². The van der Waals surface area contributed by atoms with E-state index in [2.05, 4.69) is 34.6 Å². The van der Waals surface area contributed by atoms with Crippen molar-refractivity contribution in [3.05, 3.63) is 0 Å². The molecule has 0 aromatic heterocycles. The first-order chi connectivity index (χ1) is 13.7. The van der Waals surface area contributed by atoms with Crippen LogP contribution < -0.4 is 0 Å². The molecule has 0 aromatic carbocycles. The van der Waals surface area contributed by atoms with Gasteiger partial charge in [-0.25, -0.2) is 0 Å². The molecule has 0 amide bonds. The average molecular weight is 407 g/mol. The van der Waals surface area contributed by atoms with Crippen LogP contribution in [-0.2, 0) is 0 Å². The number of hydrogen-bond acceptors (Lipinski definition) is 3. The van der Waals surface area contributed by atoms with E-state index in [1.807, 2.05) is 0 Å². The van der Waals surface area contributed by atoms with Crippen LogP contribution in [0.15, 0.2) is 0 Å². The Bertz CT molecular complexity index is 593. The SMILES string of the molecule is CCC[C@@H](C)[C@H]1CCC2C3C(C[C@H](O)[C@@]21C)[C@@]1(C)CC[C@@H](O)C[C@H]1[C@@H](CC)[C@@H]3O. The number of hydrogen-bond donors (Lipinski definition) is 3. The van der Waals surface area contributed by atoms with Gasteiger partial charge in [0.1, 0.15) is 0 Å². The lowest BCUT2D eigenvalue weighted by Gasteiger charge is -2.65. The smallest absolute Gasteiger partial charge is 0.0605 e. The molecule has 4 fully saturated rings. The fourth-order valence-electron chi connectivity index (χ4n) is 9.55. The zero-order valence-electron chi connectivity index (χ0n) is 19.5. The Balaban J connectivity index is 1.71. The van der Waals surface area contributed by atoms with Crippen molar-refractivity contribution in [1.29, 1.82) is 0 Å². The van der Waals surface area contributed by atoms with E-state index in [9.17, 15) is 15.3 Å². The quantitative estimate of drug-likeness (QED) is 0.614. The van der Waals surface area contributed by atoms with Gasteiger partial charge in [-0.2, -0.15) is 0 Å². The van der Waals surface area contributed by atoms with Crippen molar-refractivity contribution in [2.75, 3.05) is 0 Å². The fourth-order valence-corrected chi connectivity index (χ4v) is 9.55. The average Bonchev–Trinajstić information content (AvgIpc) is 3.03. The van der Waals surface area contributed by atoms with Crippen LogP contribution in [-0.4, -0.2) is 33.6 Å². The van der Waals surface area contributed by atoms with Gasteiger partial charge in [0.25, 0.3) is 0 Å². The van der Waals surface area contributed by atoms with Crippen molar-refractivity contribution in [3.63, 3.8) is 0 Å². The molecule has 0 heterocycles. The summed E-state index contributed by atoms with van der Waals surface area (Å²) >= 11 is 0. The molecule has 3 N–H and O–H groups in total. The van der Waals surface area contributed by atoms with Gasteiger partial charge in [0.05, 0.1) is 18.3 Å². The van der Waals surface area contributed by atoms with Crippen LogP contribution in [0.25, 0.3) is 0 Å². The van der Waals surface area contributed by atoms with Gasteiger partial charge in [0, 0.05) is 0 Å². The predicted octanol–water partition coefficient (Wildman–Crippen LogP) is 5.02. The second kappa shape index (κ2) is 7.78. The first-order valence-electron chi connectivity index (χ1n) is 12.7. The number of aliphatic hydroxyl groups excluding tert-OH is 3. The second-order valence-corrected chi connectivity index (χ2v) is 12.0. The second-order valence-electron chi connectivity index (χ2n) is 12.0. The monoisotopic (exact) mass is 406 g/mol. The standard InChI is InChI=1S/C26H46O3/c1-6-8-15(3)18-9-10-19-23-21(14-22(28)26(18,19)5)25(4)12-11-16(27)13-20(25)17(7-2)24(23)29/h15-24,27-29H,6-14H2,1-5H3/t15-,16-,17-,18-,19?,20+,21?,22+,23?,24+,25+,26-/m1/s1. The van der Waals surface area contributed by atoms with Crippen LogP contribution in [0.5, 0.6) is 0 Å². The summed E-state index contributed by atoms with van der Waals surface area (Å²) < 4.78 is 0. The summed E-state index contributed by atoms with van der Waals surface area (Å²) in [7, 11) is 0. The van der Waals surface area contributed by atoms with Gasteiger partial charge in [0.15, 0.2) is 0 Å². The minimum atomic E-state index is -0.273. The van der Waals surface area contributed by atoms with E-state index in [4.69, 9.17) is 0 Å². The minimum absolute atomic E-state index is 0.0492. The molecule has 4 aliphatic rings. The zero-order chi connectivity index (χ0) is 21.1. The van der Waals surface area contributed by atoms with E-state index in [0.717, 1.165) is 32.1 Å². The largest absolute Gasteiger partial charge is 0.393 e. The summed E-state index contributed by atoms with van der Waals surface area (Å²) in [4.78, 5) is 0. The lowest BCUT2D eigenvalue weighted by atomic mass is 9.41. The van der Waals surface area contributed by atoms with Gasteiger partial charge in [0.2, 0.25) is 0 Å². The Morgan fingerprint density at radius 2 is 1.66 bits per heavy atom. The molecule has 0 bridgehead atoms. The summed E-state index contributed by atoms with van der Waals surface area (Å²) in [6, 6.07) is 0. The van der Waals surface area contributed by atoms with Gasteiger partial charge >= 0.3 is 0 Å². The molecule has 4 rings (SSSR count). The Labute approximate surface area is 178 Å². The Morgan fingerprint density at radius 1 is 0.931 bits per heavy atom. The highest BCUT2D eigenvalue weighted by Crippen LogP contribution is 2.69. The normalized spacial score (nSPS) is 55.7. The Kier molecular flexibility index (Phi) is 5.93. The number of rotatable bonds is 4. The molecular weight excluding hydrogens is 360 g/mol. The number of aliphatic hydroxyl groups is 3. The molecule has 168 valence electrons. The maximum atomic E-state index is 11.7. The first kappa shape index (κ1) is 22.1. The van der Waals surface area contributed by atoms with Crippen LogP contribution in [0.1, 0.15) is 92.4 Å². The summed E-state index contributed by atoms with van der Waals surface area (Å²) in [5.41, 5.74) is 0.103. The molecule has 0 spiro atoms. The molecular formula is C26H46O3. The summed E-state index contributed by atoms with van der Waals surface area (Å²) in [5, 5.41) is 33.7. The molecule has 0 radical (unpaired) electrons. The van der Waals surface area contributed by atoms with Crippen molar-refractivity contribution in [1.82, 2.24) is 0 Å². The van der Waals surface area contributed by atoms with Crippen molar-refractivity contribution in [3.8, 4) is 0 Å². The molecule has 3 nitrogen and oxygen atoms in total. The maximum absolute atomic E-state index is 11.7. The van der Waals surface area contributed by atoms with Gasteiger partial charge in [-0.05, 0) is 90.8 Å². The summed E-state index contributed by atoms with van der Waals surface area (Å²) in [5.74, 6) is 3.07. The summed E-state index contributed by atoms with van der Waals surface area (Å²) in [6.07, 6.45) is 8.72. The van der Waals surface area contributed by atoms with Gasteiger partial charge < -0.3 is 15.3 Å². The molecule has 3 unspecified atom stereocenters. The molecule has 4 aliphatic carbocycles. The molecule has 0 aromatic rings. The third-order valence-corrected chi connectivity index (χ3v) is 11.0. The highest BCUT2D eigenvalue weighted by molar-refractivity contribution is 5.15. The number of fused-ring (bicyclic) bond motifs is 5. The predicted molar refractivity (Wildman–Crippen MR) is 117 cm³/mol. The van der Waals surface area contributed by atoms with Gasteiger partial charge in [-0.15, -0.1) is 0 Å². The minimum Gasteiger partial charge on any atom is -0.393 e. The molecule has 3 heteroatoms. The van der Waals surface area contributed by atoms with Crippen LogP contribution in [0.3, 0.4) is 0 Å². The highest BCUT2D eigenvalue weighted by Gasteiger charge is 2.67. The topological polar surface area (TPSA) is 60.7 Å². The molecule has 0 aliphatic heterocycles. The van der Waals surface area contributed by atoms with Gasteiger partial charge in [-0.1, -0.05) is 53.9 Å². The Morgan fingerprint density at radius 3 is 2.31 bits per heavy atom. The van der Waals surface area contributed by atoms with Gasteiger partial charge in [-0.3, -0.25) is 0 Å². The third kappa shape index (κ3) is 3.08. The van der Waals surface area contributed by atoms with E-state index < -0.39 is 0 Å². The van der Waals surface area contributed by atoms with E-state index in [-0.39, 0.29) is 29.1 Å². The fraction of sp³-hybridized carbons (Fsp3) is 1.00. The van der Waals surface area contributed by atoms with Crippen LogP contribution >= 0.6 is 0 Å². The van der Waals surface area contributed by atoms with E-state index in [0.29, 0.717) is 41.4 Å². The van der Waals surface area contributed by atoms with Crippen LogP contribution in [0.2, 0.25) is 0 Å². The zero-order valence-corrected chi connectivity index (χ0v) is 19.5. The van der Waals surface area contributed by atoms with Crippen LogP contribution in [0.4, 0.5) is 0 Å². The Hall–Kier alpha value is -0.120. The maximum Gasteiger partial charge on any atom is 0.0605 e. The lowest BCUT2D eigenvalue weighted by Crippen LogP contribution is -2.65. The molecule has 0 saturated heterocycles. The first-order valence-corrected chi connectivity index (χ1v) is 12.7. The van der Waals surface area contributed by atoms with E-state index in [1.54, 1.807) is 0 Å². The third-order valence-electron chi connectivity index (χ3n) is 11.0. The molecule has 4 saturated carbocycles. The van der Waals surface area contributed by atoms with E-state index >= 15 is 0 Å². The van der Waals surface area contributed by atoms with E-state index in [1.165, 1.54) is 25.7 Å². The highest BCUT2D eigenvalue weighted by atomic mass is 16.3. The van der Waals surface area contributed by atoms with Crippen molar-refractivity contribution in [2.24, 2.45) is 52.3 Å². The van der Waals surface area contributed by atoms with Crippen LogP contribution in [0, 0.1) is 52.3 Å². The molecule has 29 heavy (non-hydrogen) atoms. The van der Waals surface area contributed by atoms with Crippen molar-refractivity contribution < 1.29 is 15.3 Å². The van der Waals surface area contributed by atoms with Crippen molar-refractivity contribution in [2.45, 2.75) is 111 Å². The summed E-state index contributed by atoms with van der Waals surface area (Å²) in [6.45, 7) is 11.7.